The van der Waals surface area contributed by atoms with Crippen LogP contribution in [0, 0.1) is 0 Å². The molecule has 2 saturated heterocycles. The smallest absolute Gasteiger partial charge is 0.163 e. The van der Waals surface area contributed by atoms with Crippen LogP contribution in [0.2, 0.25) is 0 Å². The molecular formula is C9H17NO3. The monoisotopic (exact) mass is 187 g/mol. The summed E-state index contributed by atoms with van der Waals surface area (Å²) < 4.78 is 16.5. The maximum absolute atomic E-state index is 5.72. The van der Waals surface area contributed by atoms with Gasteiger partial charge in [0, 0.05) is 13.7 Å². The first kappa shape index (κ1) is 9.40. The molecule has 2 fully saturated rings. The average Bonchev–Trinajstić information content (AvgIpc) is 2.29. The zero-order valence-electron chi connectivity index (χ0n) is 8.37. The number of hydrogen-bond donors (Lipinski definition) is 1. The summed E-state index contributed by atoms with van der Waals surface area (Å²) in [5, 5.41) is 3.30. The van der Waals surface area contributed by atoms with Crippen LogP contribution in [0.5, 0.6) is 0 Å². The molecule has 0 amide bonds. The third-order valence-corrected chi connectivity index (χ3v) is 2.69. The minimum absolute atomic E-state index is 0.133. The van der Waals surface area contributed by atoms with E-state index in [1.807, 2.05) is 13.8 Å². The van der Waals surface area contributed by atoms with Crippen LogP contribution in [0.1, 0.15) is 13.8 Å². The number of hydrogen-bond acceptors (Lipinski definition) is 4. The standard InChI is InChI=1S/C9H17NO3/c1-9(2)12-5-7(13-9)8-6(11-3)4-10-8/h6-8,10H,4-5H2,1-3H3/t6-,7+,8+/m0/s1. The summed E-state index contributed by atoms with van der Waals surface area (Å²) in [6, 6.07) is 0.298. The van der Waals surface area contributed by atoms with Gasteiger partial charge in [-0.2, -0.15) is 0 Å². The van der Waals surface area contributed by atoms with Crippen LogP contribution < -0.4 is 5.32 Å². The molecule has 0 bridgehead atoms. The lowest BCUT2D eigenvalue weighted by Gasteiger charge is -2.39. The molecule has 0 aromatic heterocycles. The zero-order chi connectivity index (χ0) is 9.47. The molecule has 0 radical (unpaired) electrons. The van der Waals surface area contributed by atoms with E-state index in [-0.39, 0.29) is 12.2 Å². The van der Waals surface area contributed by atoms with Gasteiger partial charge in [-0.15, -0.1) is 0 Å². The van der Waals surface area contributed by atoms with Crippen LogP contribution >= 0.6 is 0 Å². The molecule has 76 valence electrons. The number of methoxy groups -OCH3 is 1. The predicted molar refractivity (Wildman–Crippen MR) is 47.5 cm³/mol. The molecule has 3 atom stereocenters. The minimum atomic E-state index is -0.430. The maximum atomic E-state index is 5.72. The third kappa shape index (κ3) is 1.72. The second-order valence-corrected chi connectivity index (χ2v) is 4.08. The Morgan fingerprint density at radius 3 is 2.62 bits per heavy atom. The quantitative estimate of drug-likeness (QED) is 0.667. The van der Waals surface area contributed by atoms with Crippen LogP contribution in [0.15, 0.2) is 0 Å². The summed E-state index contributed by atoms with van der Waals surface area (Å²) in [6.45, 7) is 5.45. The van der Waals surface area contributed by atoms with Gasteiger partial charge in [0.05, 0.1) is 18.8 Å². The molecule has 0 aromatic carbocycles. The first-order valence-electron chi connectivity index (χ1n) is 4.70. The molecule has 4 nitrogen and oxygen atoms in total. The van der Waals surface area contributed by atoms with E-state index in [1.54, 1.807) is 7.11 Å². The number of ether oxygens (including phenoxy) is 3. The van der Waals surface area contributed by atoms with E-state index < -0.39 is 5.79 Å². The molecule has 4 heteroatoms. The second kappa shape index (κ2) is 3.20. The summed E-state index contributed by atoms with van der Waals surface area (Å²) in [7, 11) is 1.74. The first-order valence-corrected chi connectivity index (χ1v) is 4.70. The predicted octanol–water partition coefficient (Wildman–Crippen LogP) is 0.125. The summed E-state index contributed by atoms with van der Waals surface area (Å²) >= 11 is 0. The van der Waals surface area contributed by atoms with Crippen LogP contribution in [0.25, 0.3) is 0 Å². The Balaban J connectivity index is 1.89. The molecule has 0 unspecified atom stereocenters. The van der Waals surface area contributed by atoms with E-state index in [4.69, 9.17) is 14.2 Å². The van der Waals surface area contributed by atoms with Crippen molar-refractivity contribution in [1.82, 2.24) is 5.32 Å². The molecule has 0 aromatic rings. The van der Waals surface area contributed by atoms with Crippen molar-refractivity contribution in [2.75, 3.05) is 20.3 Å². The fourth-order valence-corrected chi connectivity index (χ4v) is 1.84. The van der Waals surface area contributed by atoms with Crippen molar-refractivity contribution in [3.05, 3.63) is 0 Å². The Hall–Kier alpha value is -0.160. The lowest BCUT2D eigenvalue weighted by atomic mass is 9.98. The molecule has 13 heavy (non-hydrogen) atoms. The first-order chi connectivity index (χ1) is 6.12. The van der Waals surface area contributed by atoms with Crippen molar-refractivity contribution in [1.29, 1.82) is 0 Å². The highest BCUT2D eigenvalue weighted by Crippen LogP contribution is 2.27. The largest absolute Gasteiger partial charge is 0.378 e. The molecule has 2 rings (SSSR count). The van der Waals surface area contributed by atoms with Gasteiger partial charge in [-0.1, -0.05) is 0 Å². The van der Waals surface area contributed by atoms with E-state index >= 15 is 0 Å². The Bertz CT molecular complexity index is 193. The molecule has 1 N–H and O–H groups in total. The van der Waals surface area contributed by atoms with Crippen molar-refractivity contribution in [2.45, 2.75) is 37.9 Å². The van der Waals surface area contributed by atoms with Gasteiger partial charge in [-0.25, -0.2) is 0 Å². The second-order valence-electron chi connectivity index (χ2n) is 4.08. The molecule has 0 saturated carbocycles. The maximum Gasteiger partial charge on any atom is 0.163 e. The van der Waals surface area contributed by atoms with E-state index in [2.05, 4.69) is 5.32 Å². The van der Waals surface area contributed by atoms with Crippen molar-refractivity contribution >= 4 is 0 Å². The van der Waals surface area contributed by atoms with Gasteiger partial charge in [-0.3, -0.25) is 0 Å². The van der Waals surface area contributed by atoms with Crippen LogP contribution in [-0.4, -0.2) is 44.3 Å². The highest BCUT2D eigenvalue weighted by molar-refractivity contribution is 4.97. The lowest BCUT2D eigenvalue weighted by molar-refractivity contribution is -0.152. The van der Waals surface area contributed by atoms with Gasteiger partial charge in [0.15, 0.2) is 5.79 Å². The topological polar surface area (TPSA) is 39.7 Å². The van der Waals surface area contributed by atoms with Crippen molar-refractivity contribution < 1.29 is 14.2 Å². The average molecular weight is 187 g/mol. The van der Waals surface area contributed by atoms with E-state index in [1.165, 1.54) is 0 Å². The van der Waals surface area contributed by atoms with Gasteiger partial charge in [-0.05, 0) is 13.8 Å². The van der Waals surface area contributed by atoms with Crippen LogP contribution in [0.4, 0.5) is 0 Å². The summed E-state index contributed by atoms with van der Waals surface area (Å²) in [5.74, 6) is -0.430. The van der Waals surface area contributed by atoms with E-state index in [0.717, 1.165) is 6.54 Å². The van der Waals surface area contributed by atoms with E-state index in [9.17, 15) is 0 Å². The molecule has 2 heterocycles. The highest BCUT2D eigenvalue weighted by Gasteiger charge is 2.44. The Morgan fingerprint density at radius 2 is 2.23 bits per heavy atom. The molecule has 2 aliphatic rings. The highest BCUT2D eigenvalue weighted by atomic mass is 16.7. The van der Waals surface area contributed by atoms with E-state index in [0.29, 0.717) is 12.6 Å². The Labute approximate surface area is 78.5 Å². The van der Waals surface area contributed by atoms with Gasteiger partial charge in [0.1, 0.15) is 6.10 Å². The van der Waals surface area contributed by atoms with Crippen molar-refractivity contribution in [2.24, 2.45) is 0 Å². The van der Waals surface area contributed by atoms with Crippen molar-refractivity contribution in [3.63, 3.8) is 0 Å². The van der Waals surface area contributed by atoms with Gasteiger partial charge in [0.25, 0.3) is 0 Å². The van der Waals surface area contributed by atoms with Gasteiger partial charge < -0.3 is 19.5 Å². The normalized spacial score (nSPS) is 43.2. The fourth-order valence-electron chi connectivity index (χ4n) is 1.84. The molecule has 2 aliphatic heterocycles. The van der Waals surface area contributed by atoms with Crippen LogP contribution in [-0.2, 0) is 14.2 Å². The number of nitrogens with one attached hydrogen (secondary N) is 1. The number of rotatable bonds is 2. The summed E-state index contributed by atoms with van der Waals surface area (Å²) in [4.78, 5) is 0. The summed E-state index contributed by atoms with van der Waals surface area (Å²) in [5.41, 5.74) is 0. The molecule has 0 aliphatic carbocycles. The molecular weight excluding hydrogens is 170 g/mol. The SMILES string of the molecule is CO[C@H]1CN[C@H]1[C@H]1COC(C)(C)O1. The summed E-state index contributed by atoms with van der Waals surface area (Å²) in [6.07, 6.45) is 0.413. The fraction of sp³-hybridized carbons (Fsp3) is 1.00. The Kier molecular flexibility index (Phi) is 2.32. The van der Waals surface area contributed by atoms with Gasteiger partial charge in [0.2, 0.25) is 0 Å². The van der Waals surface area contributed by atoms with Crippen LogP contribution in [0.3, 0.4) is 0 Å². The zero-order valence-corrected chi connectivity index (χ0v) is 8.37. The Morgan fingerprint density at radius 1 is 1.46 bits per heavy atom. The van der Waals surface area contributed by atoms with Crippen molar-refractivity contribution in [3.8, 4) is 0 Å². The van der Waals surface area contributed by atoms with Gasteiger partial charge >= 0.3 is 0 Å². The lowest BCUT2D eigenvalue weighted by Crippen LogP contribution is -2.64. The minimum Gasteiger partial charge on any atom is -0.378 e. The molecule has 0 spiro atoms. The third-order valence-electron chi connectivity index (χ3n) is 2.69.